The van der Waals surface area contributed by atoms with Crippen molar-refractivity contribution in [1.82, 2.24) is 10.2 Å². The van der Waals surface area contributed by atoms with E-state index in [-0.39, 0.29) is 0 Å². The van der Waals surface area contributed by atoms with Gasteiger partial charge in [0.1, 0.15) is 0 Å². The number of benzene rings is 3. The second kappa shape index (κ2) is 7.77. The third-order valence-corrected chi connectivity index (χ3v) is 5.03. The summed E-state index contributed by atoms with van der Waals surface area (Å²) in [6, 6.07) is 26.3. The van der Waals surface area contributed by atoms with E-state index in [1.54, 1.807) is 0 Å². The maximum absolute atomic E-state index is 6.00. The zero-order valence-electron chi connectivity index (χ0n) is 13.8. The van der Waals surface area contributed by atoms with Gasteiger partial charge in [0.05, 0.1) is 0 Å². The molecule has 5 heteroatoms. The van der Waals surface area contributed by atoms with Crippen LogP contribution in [-0.2, 0) is 5.75 Å². The van der Waals surface area contributed by atoms with Crippen LogP contribution >= 0.6 is 23.4 Å². The Kier molecular flexibility index (Phi) is 5.04. The molecule has 3 nitrogen and oxygen atoms in total. The zero-order valence-corrected chi connectivity index (χ0v) is 15.4. The highest BCUT2D eigenvalue weighted by Crippen LogP contribution is 2.28. The van der Waals surface area contributed by atoms with Crippen LogP contribution in [-0.4, -0.2) is 10.2 Å². The van der Waals surface area contributed by atoms with Gasteiger partial charge in [0.15, 0.2) is 0 Å². The van der Waals surface area contributed by atoms with Gasteiger partial charge in [-0.15, -0.1) is 10.2 Å². The van der Waals surface area contributed by atoms with Crippen molar-refractivity contribution < 1.29 is 4.42 Å². The molecule has 0 fully saturated rings. The van der Waals surface area contributed by atoms with Crippen molar-refractivity contribution in [2.24, 2.45) is 0 Å². The van der Waals surface area contributed by atoms with Crippen LogP contribution in [0.15, 0.2) is 88.5 Å². The fraction of sp³-hybridized carbons (Fsp3) is 0.0476. The minimum atomic E-state index is 0.481. The van der Waals surface area contributed by atoms with E-state index in [9.17, 15) is 0 Å². The second-order valence-corrected chi connectivity index (χ2v) is 7.10. The van der Waals surface area contributed by atoms with Gasteiger partial charge >= 0.3 is 0 Å². The Labute approximate surface area is 161 Å². The molecule has 0 saturated carbocycles. The van der Waals surface area contributed by atoms with Crippen LogP contribution in [0.1, 0.15) is 5.56 Å². The van der Waals surface area contributed by atoms with Gasteiger partial charge in [-0.1, -0.05) is 84.0 Å². The largest absolute Gasteiger partial charge is 0.411 e. The Morgan fingerprint density at radius 1 is 0.769 bits per heavy atom. The van der Waals surface area contributed by atoms with E-state index in [1.165, 1.54) is 28.5 Å². The van der Waals surface area contributed by atoms with Crippen molar-refractivity contribution in [3.63, 3.8) is 0 Å². The normalized spacial score (nSPS) is 10.8. The molecule has 0 N–H and O–H groups in total. The lowest BCUT2D eigenvalue weighted by molar-refractivity contribution is 0.466. The molecule has 1 heterocycles. The fourth-order valence-electron chi connectivity index (χ4n) is 2.58. The van der Waals surface area contributed by atoms with Crippen LogP contribution in [0.4, 0.5) is 0 Å². The quantitative estimate of drug-likeness (QED) is 0.379. The Morgan fingerprint density at radius 3 is 2.27 bits per heavy atom. The first-order chi connectivity index (χ1) is 12.8. The monoisotopic (exact) mass is 378 g/mol. The van der Waals surface area contributed by atoms with Crippen LogP contribution in [0.2, 0.25) is 5.02 Å². The predicted octanol–water partition coefficient (Wildman–Crippen LogP) is 6.35. The average Bonchev–Trinajstić information content (AvgIpc) is 3.17. The minimum absolute atomic E-state index is 0.481. The molecular formula is C21H15ClN2OS. The van der Waals surface area contributed by atoms with Gasteiger partial charge < -0.3 is 4.42 Å². The summed E-state index contributed by atoms with van der Waals surface area (Å²) >= 11 is 7.53. The van der Waals surface area contributed by atoms with Crippen LogP contribution in [0, 0.1) is 0 Å². The second-order valence-electron chi connectivity index (χ2n) is 5.74. The molecule has 128 valence electrons. The summed E-state index contributed by atoms with van der Waals surface area (Å²) in [5, 5.41) is 9.40. The summed E-state index contributed by atoms with van der Waals surface area (Å²) in [6.45, 7) is 0. The molecule has 0 aliphatic rings. The number of rotatable bonds is 5. The molecule has 0 unspecified atom stereocenters. The van der Waals surface area contributed by atoms with Gasteiger partial charge in [0.2, 0.25) is 5.89 Å². The minimum Gasteiger partial charge on any atom is -0.411 e. The molecule has 0 atom stereocenters. The maximum Gasteiger partial charge on any atom is 0.277 e. The van der Waals surface area contributed by atoms with Crippen molar-refractivity contribution in [2.75, 3.05) is 0 Å². The molecule has 4 rings (SSSR count). The van der Waals surface area contributed by atoms with Gasteiger partial charge in [0.25, 0.3) is 5.22 Å². The third-order valence-electron chi connectivity index (χ3n) is 3.90. The van der Waals surface area contributed by atoms with E-state index in [2.05, 4.69) is 46.6 Å². The van der Waals surface area contributed by atoms with Crippen LogP contribution in [0.25, 0.3) is 22.6 Å². The number of hydrogen-bond donors (Lipinski definition) is 0. The highest BCUT2D eigenvalue weighted by atomic mass is 35.5. The first-order valence-corrected chi connectivity index (χ1v) is 9.51. The molecule has 0 amide bonds. The molecule has 26 heavy (non-hydrogen) atoms. The number of aromatic nitrogens is 2. The van der Waals surface area contributed by atoms with Gasteiger partial charge in [-0.2, -0.15) is 0 Å². The lowest BCUT2D eigenvalue weighted by Crippen LogP contribution is -1.82. The summed E-state index contributed by atoms with van der Waals surface area (Å²) in [5.41, 5.74) is 4.46. The fourth-order valence-corrected chi connectivity index (χ4v) is 3.48. The Hall–Kier alpha value is -2.56. The summed E-state index contributed by atoms with van der Waals surface area (Å²) in [5.74, 6) is 1.25. The number of thioether (sulfide) groups is 1. The standard InChI is InChI=1S/C21H15ClN2OS/c22-19-8-4-7-18(13-19)20-23-24-21(25-20)26-14-15-9-11-17(12-10-15)16-5-2-1-3-6-16/h1-13H,14H2. The Bertz CT molecular complexity index is 1000. The molecular weight excluding hydrogens is 364 g/mol. The maximum atomic E-state index is 6.00. The summed E-state index contributed by atoms with van der Waals surface area (Å²) < 4.78 is 5.72. The van der Waals surface area contributed by atoms with Crippen LogP contribution in [0.5, 0.6) is 0 Å². The van der Waals surface area contributed by atoms with Crippen LogP contribution < -0.4 is 0 Å². The van der Waals surface area contributed by atoms with Gasteiger partial charge in [0, 0.05) is 16.3 Å². The van der Waals surface area contributed by atoms with Gasteiger partial charge in [-0.3, -0.25) is 0 Å². The van der Waals surface area contributed by atoms with E-state index in [0.29, 0.717) is 16.1 Å². The van der Waals surface area contributed by atoms with E-state index < -0.39 is 0 Å². The molecule has 4 aromatic rings. The molecule has 0 aliphatic heterocycles. The molecule has 0 bridgehead atoms. The molecule has 0 aliphatic carbocycles. The van der Waals surface area contributed by atoms with E-state index in [0.717, 1.165) is 11.3 Å². The number of halogens is 1. The lowest BCUT2D eigenvalue weighted by atomic mass is 10.0. The highest BCUT2D eigenvalue weighted by Gasteiger charge is 2.09. The smallest absolute Gasteiger partial charge is 0.277 e. The van der Waals surface area contributed by atoms with Gasteiger partial charge in [-0.05, 0) is 34.9 Å². The molecule has 0 radical (unpaired) electrons. The Morgan fingerprint density at radius 2 is 1.50 bits per heavy atom. The van der Waals surface area contributed by atoms with Gasteiger partial charge in [-0.25, -0.2) is 0 Å². The van der Waals surface area contributed by atoms with Crippen molar-refractivity contribution >= 4 is 23.4 Å². The van der Waals surface area contributed by atoms with Crippen molar-refractivity contribution in [3.05, 3.63) is 89.4 Å². The van der Waals surface area contributed by atoms with E-state index >= 15 is 0 Å². The number of nitrogens with zero attached hydrogens (tertiary/aromatic N) is 2. The topological polar surface area (TPSA) is 38.9 Å². The summed E-state index contributed by atoms with van der Waals surface area (Å²) in [6.07, 6.45) is 0. The van der Waals surface area contributed by atoms with Crippen molar-refractivity contribution in [1.29, 1.82) is 0 Å². The molecule has 0 saturated heterocycles. The predicted molar refractivity (Wildman–Crippen MR) is 106 cm³/mol. The molecule has 1 aromatic heterocycles. The summed E-state index contributed by atoms with van der Waals surface area (Å²) in [4.78, 5) is 0. The van der Waals surface area contributed by atoms with Crippen molar-refractivity contribution in [2.45, 2.75) is 11.0 Å². The van der Waals surface area contributed by atoms with E-state index in [4.69, 9.17) is 16.0 Å². The third kappa shape index (κ3) is 3.98. The first kappa shape index (κ1) is 16.9. The Balaban J connectivity index is 1.42. The SMILES string of the molecule is Clc1cccc(-c2nnc(SCc3ccc(-c4ccccc4)cc3)o2)c1. The number of hydrogen-bond acceptors (Lipinski definition) is 4. The molecule has 0 spiro atoms. The summed E-state index contributed by atoms with van der Waals surface area (Å²) in [7, 11) is 0. The average molecular weight is 379 g/mol. The zero-order chi connectivity index (χ0) is 17.8. The highest BCUT2D eigenvalue weighted by molar-refractivity contribution is 7.98. The molecule has 3 aromatic carbocycles. The lowest BCUT2D eigenvalue weighted by Gasteiger charge is -2.03. The van der Waals surface area contributed by atoms with E-state index in [1.807, 2.05) is 42.5 Å². The van der Waals surface area contributed by atoms with Crippen LogP contribution in [0.3, 0.4) is 0 Å². The first-order valence-electron chi connectivity index (χ1n) is 8.14. The van der Waals surface area contributed by atoms with Crippen molar-refractivity contribution in [3.8, 4) is 22.6 Å².